The third kappa shape index (κ3) is 2.91. The molecule has 0 fully saturated rings. The summed E-state index contributed by atoms with van der Waals surface area (Å²) in [7, 11) is -4.10. The Morgan fingerprint density at radius 2 is 1.62 bits per heavy atom. The number of primary amides is 1. The second kappa shape index (κ2) is 5.23. The molecule has 1 amide bonds. The molecule has 21 heavy (non-hydrogen) atoms. The van der Waals surface area contributed by atoms with Crippen LogP contribution in [-0.2, 0) is 10.0 Å². The molecule has 0 heterocycles. The minimum absolute atomic E-state index is 0.216. The van der Waals surface area contributed by atoms with Crippen molar-refractivity contribution in [3.05, 3.63) is 53.6 Å². The standard InChI is InChI=1S/C13H10F2N2O3S/c14-10-2-1-3-11(15)12(10)9-6-7(21(17,19)20)4-5-8(9)13(16)18/h1-6H,(H2,16,18)(H2,17,19,20). The van der Waals surface area contributed by atoms with Gasteiger partial charge in [-0.15, -0.1) is 0 Å². The number of carbonyl (C=O) groups is 1. The Kier molecular flexibility index (Phi) is 3.75. The zero-order chi connectivity index (χ0) is 15.8. The second-order valence-corrected chi connectivity index (χ2v) is 5.77. The molecule has 8 heteroatoms. The lowest BCUT2D eigenvalue weighted by Crippen LogP contribution is -2.16. The van der Waals surface area contributed by atoms with E-state index < -0.39 is 33.1 Å². The highest BCUT2D eigenvalue weighted by Crippen LogP contribution is 2.30. The first-order chi connectivity index (χ1) is 9.71. The molecule has 0 saturated carbocycles. The van der Waals surface area contributed by atoms with E-state index in [1.165, 1.54) is 0 Å². The number of hydrogen-bond acceptors (Lipinski definition) is 3. The van der Waals surface area contributed by atoms with Crippen molar-refractivity contribution in [2.75, 3.05) is 0 Å². The highest BCUT2D eigenvalue weighted by atomic mass is 32.2. The third-order valence-corrected chi connectivity index (χ3v) is 3.73. The van der Waals surface area contributed by atoms with E-state index in [0.717, 1.165) is 36.4 Å². The normalized spacial score (nSPS) is 11.4. The number of nitrogens with two attached hydrogens (primary N) is 2. The number of halogens is 2. The molecule has 0 bridgehead atoms. The molecular weight excluding hydrogens is 302 g/mol. The lowest BCUT2D eigenvalue weighted by atomic mass is 9.98. The molecule has 2 aromatic carbocycles. The average Bonchev–Trinajstić information content (AvgIpc) is 2.37. The fourth-order valence-electron chi connectivity index (χ4n) is 1.88. The monoisotopic (exact) mass is 312 g/mol. The molecule has 4 N–H and O–H groups in total. The number of primary sulfonamides is 1. The van der Waals surface area contributed by atoms with Crippen LogP contribution in [0.3, 0.4) is 0 Å². The van der Waals surface area contributed by atoms with Crippen LogP contribution < -0.4 is 10.9 Å². The van der Waals surface area contributed by atoms with Crippen molar-refractivity contribution in [1.29, 1.82) is 0 Å². The summed E-state index contributed by atoms with van der Waals surface area (Å²) >= 11 is 0. The van der Waals surface area contributed by atoms with Crippen molar-refractivity contribution in [3.63, 3.8) is 0 Å². The SMILES string of the molecule is NC(=O)c1ccc(S(N)(=O)=O)cc1-c1c(F)cccc1F. The van der Waals surface area contributed by atoms with E-state index in [2.05, 4.69) is 0 Å². The van der Waals surface area contributed by atoms with Gasteiger partial charge in [-0.3, -0.25) is 4.79 Å². The van der Waals surface area contributed by atoms with Gasteiger partial charge in [0.25, 0.3) is 0 Å². The minimum Gasteiger partial charge on any atom is -0.366 e. The zero-order valence-corrected chi connectivity index (χ0v) is 11.3. The van der Waals surface area contributed by atoms with Gasteiger partial charge in [0.15, 0.2) is 0 Å². The molecule has 0 aliphatic carbocycles. The lowest BCUT2D eigenvalue weighted by molar-refractivity contribution is 0.100. The van der Waals surface area contributed by atoms with Gasteiger partial charge in [-0.05, 0) is 30.3 Å². The Morgan fingerprint density at radius 1 is 1.05 bits per heavy atom. The fraction of sp³-hybridized carbons (Fsp3) is 0. The third-order valence-electron chi connectivity index (χ3n) is 2.82. The van der Waals surface area contributed by atoms with Gasteiger partial charge < -0.3 is 5.73 Å². The summed E-state index contributed by atoms with van der Waals surface area (Å²) in [5.41, 5.74) is 4.11. The molecule has 2 aromatic rings. The van der Waals surface area contributed by atoms with Gasteiger partial charge in [-0.25, -0.2) is 22.3 Å². The molecule has 0 unspecified atom stereocenters. The Hall–Kier alpha value is -2.32. The van der Waals surface area contributed by atoms with Crippen molar-refractivity contribution in [2.24, 2.45) is 10.9 Å². The number of hydrogen-bond donors (Lipinski definition) is 2. The number of sulfonamides is 1. The molecule has 0 aromatic heterocycles. The molecule has 0 aliphatic rings. The lowest BCUT2D eigenvalue weighted by Gasteiger charge is -2.11. The topological polar surface area (TPSA) is 103 Å². The maximum atomic E-state index is 13.8. The van der Waals surface area contributed by atoms with Crippen LogP contribution >= 0.6 is 0 Å². The van der Waals surface area contributed by atoms with E-state index >= 15 is 0 Å². The van der Waals surface area contributed by atoms with Gasteiger partial charge in [0.05, 0.1) is 10.5 Å². The molecule has 0 atom stereocenters. The molecule has 2 rings (SSSR count). The van der Waals surface area contributed by atoms with Crippen LogP contribution in [0.2, 0.25) is 0 Å². The molecule has 0 spiro atoms. The first-order valence-electron chi connectivity index (χ1n) is 5.63. The van der Waals surface area contributed by atoms with Crippen molar-refractivity contribution in [2.45, 2.75) is 4.90 Å². The number of rotatable bonds is 3. The summed E-state index contributed by atoms with van der Waals surface area (Å²) < 4.78 is 50.4. The number of amides is 1. The zero-order valence-electron chi connectivity index (χ0n) is 10.5. The molecular formula is C13H10F2N2O3S. The largest absolute Gasteiger partial charge is 0.366 e. The van der Waals surface area contributed by atoms with Gasteiger partial charge in [-0.1, -0.05) is 6.07 Å². The first kappa shape index (κ1) is 15.1. The Bertz CT molecular complexity index is 815. The Labute approximate surface area is 119 Å². The van der Waals surface area contributed by atoms with Crippen LogP contribution in [0.25, 0.3) is 11.1 Å². The van der Waals surface area contributed by atoms with E-state index in [1.54, 1.807) is 0 Å². The van der Waals surface area contributed by atoms with Crippen molar-refractivity contribution in [3.8, 4) is 11.1 Å². The predicted octanol–water partition coefficient (Wildman–Crippen LogP) is 1.38. The van der Waals surface area contributed by atoms with Crippen molar-refractivity contribution < 1.29 is 22.0 Å². The van der Waals surface area contributed by atoms with Gasteiger partial charge in [0.1, 0.15) is 11.6 Å². The van der Waals surface area contributed by atoms with E-state index in [4.69, 9.17) is 10.9 Å². The molecule has 0 radical (unpaired) electrons. The molecule has 0 aliphatic heterocycles. The molecule has 5 nitrogen and oxygen atoms in total. The maximum absolute atomic E-state index is 13.8. The van der Waals surface area contributed by atoms with Crippen LogP contribution in [0, 0.1) is 11.6 Å². The smallest absolute Gasteiger partial charge is 0.249 e. The Morgan fingerprint density at radius 3 is 2.10 bits per heavy atom. The van der Waals surface area contributed by atoms with Crippen LogP contribution in [0.4, 0.5) is 8.78 Å². The van der Waals surface area contributed by atoms with E-state index in [0.29, 0.717) is 0 Å². The van der Waals surface area contributed by atoms with Crippen molar-refractivity contribution >= 4 is 15.9 Å². The van der Waals surface area contributed by atoms with Gasteiger partial charge in [-0.2, -0.15) is 0 Å². The van der Waals surface area contributed by atoms with Gasteiger partial charge >= 0.3 is 0 Å². The van der Waals surface area contributed by atoms with Crippen LogP contribution in [-0.4, -0.2) is 14.3 Å². The summed E-state index contributed by atoms with van der Waals surface area (Å²) in [6.07, 6.45) is 0. The summed E-state index contributed by atoms with van der Waals surface area (Å²) in [6, 6.07) is 6.11. The number of benzene rings is 2. The quantitative estimate of drug-likeness (QED) is 0.894. The van der Waals surface area contributed by atoms with Crippen molar-refractivity contribution in [1.82, 2.24) is 0 Å². The fourth-order valence-corrected chi connectivity index (χ4v) is 2.42. The second-order valence-electron chi connectivity index (χ2n) is 4.21. The van der Waals surface area contributed by atoms with E-state index in [1.807, 2.05) is 0 Å². The predicted molar refractivity (Wildman–Crippen MR) is 71.7 cm³/mol. The van der Waals surface area contributed by atoms with Gasteiger partial charge in [0.2, 0.25) is 15.9 Å². The number of carbonyl (C=O) groups excluding carboxylic acids is 1. The van der Waals surface area contributed by atoms with E-state index in [9.17, 15) is 22.0 Å². The summed E-state index contributed by atoms with van der Waals surface area (Å²) in [5, 5.41) is 4.97. The van der Waals surface area contributed by atoms with Crippen LogP contribution in [0.5, 0.6) is 0 Å². The maximum Gasteiger partial charge on any atom is 0.249 e. The Balaban J connectivity index is 2.85. The summed E-state index contributed by atoms with van der Waals surface area (Å²) in [6.45, 7) is 0. The first-order valence-corrected chi connectivity index (χ1v) is 7.17. The summed E-state index contributed by atoms with van der Waals surface area (Å²) in [5.74, 6) is -2.86. The summed E-state index contributed by atoms with van der Waals surface area (Å²) in [4.78, 5) is 11.0. The van der Waals surface area contributed by atoms with Gasteiger partial charge in [0, 0.05) is 11.1 Å². The molecule has 0 saturated heterocycles. The van der Waals surface area contributed by atoms with E-state index in [-0.39, 0.29) is 16.0 Å². The van der Waals surface area contributed by atoms with Crippen LogP contribution in [0.1, 0.15) is 10.4 Å². The average molecular weight is 312 g/mol. The minimum atomic E-state index is -4.10. The molecule has 110 valence electrons. The highest BCUT2D eigenvalue weighted by molar-refractivity contribution is 7.89. The van der Waals surface area contributed by atoms with Crippen LogP contribution in [0.15, 0.2) is 41.3 Å². The highest BCUT2D eigenvalue weighted by Gasteiger charge is 2.20.